The third-order valence-corrected chi connectivity index (χ3v) is 5.55. The summed E-state index contributed by atoms with van der Waals surface area (Å²) in [4.78, 5) is 0. The fraction of sp³-hybridized carbons (Fsp3) is 0.423. The molecule has 0 aliphatic heterocycles. The van der Waals surface area contributed by atoms with E-state index in [0.717, 1.165) is 30.6 Å². The zero-order valence-corrected chi connectivity index (χ0v) is 19.6. The van der Waals surface area contributed by atoms with E-state index in [9.17, 15) is 5.11 Å². The lowest BCUT2D eigenvalue weighted by Crippen LogP contribution is -2.34. The van der Waals surface area contributed by atoms with Crippen LogP contribution in [0.2, 0.25) is 0 Å². The van der Waals surface area contributed by atoms with Crippen molar-refractivity contribution in [2.24, 2.45) is 0 Å². The van der Waals surface area contributed by atoms with Gasteiger partial charge in [-0.2, -0.15) is 0 Å². The predicted octanol–water partition coefficient (Wildman–Crippen LogP) is 6.46. The molecular formula is C26H35N3O3. The zero-order valence-electron chi connectivity index (χ0n) is 19.6. The van der Waals surface area contributed by atoms with Gasteiger partial charge in [0.1, 0.15) is 22.8 Å². The molecule has 0 aliphatic carbocycles. The average molecular weight is 438 g/mol. The molecule has 6 heteroatoms. The SMILES string of the molecule is CCCCCC(CC)(CC)Oc1cccc(O)c1.COc1cnnnc1-c1ccccc1. The second-order valence-electron chi connectivity index (χ2n) is 7.66. The molecule has 0 fully saturated rings. The highest BCUT2D eigenvalue weighted by molar-refractivity contribution is 5.64. The Hall–Kier alpha value is -3.15. The Kier molecular flexibility index (Phi) is 10.4. The number of aromatic hydroxyl groups is 1. The number of hydrogen-bond donors (Lipinski definition) is 1. The molecule has 0 atom stereocenters. The van der Waals surface area contributed by atoms with Crippen LogP contribution in [0.1, 0.15) is 59.3 Å². The molecule has 0 spiro atoms. The molecule has 2 aromatic carbocycles. The summed E-state index contributed by atoms with van der Waals surface area (Å²) in [5.74, 6) is 1.67. The molecule has 32 heavy (non-hydrogen) atoms. The van der Waals surface area contributed by atoms with Crippen LogP contribution in [-0.2, 0) is 0 Å². The van der Waals surface area contributed by atoms with Crippen LogP contribution in [0.5, 0.6) is 17.2 Å². The lowest BCUT2D eigenvalue weighted by molar-refractivity contribution is 0.0482. The molecule has 0 radical (unpaired) electrons. The van der Waals surface area contributed by atoms with E-state index in [1.165, 1.54) is 19.3 Å². The molecule has 0 aliphatic rings. The first kappa shape index (κ1) is 25.1. The monoisotopic (exact) mass is 437 g/mol. The molecule has 1 heterocycles. The maximum Gasteiger partial charge on any atom is 0.167 e. The smallest absolute Gasteiger partial charge is 0.167 e. The summed E-state index contributed by atoms with van der Waals surface area (Å²) in [7, 11) is 1.59. The fourth-order valence-corrected chi connectivity index (χ4v) is 3.50. The van der Waals surface area contributed by atoms with Gasteiger partial charge < -0.3 is 14.6 Å². The number of phenolic OH excluding ortho intramolecular Hbond substituents is 1. The number of methoxy groups -OCH3 is 1. The highest BCUT2D eigenvalue weighted by Crippen LogP contribution is 2.31. The van der Waals surface area contributed by atoms with E-state index in [1.54, 1.807) is 25.4 Å². The zero-order chi connectivity index (χ0) is 23.2. The van der Waals surface area contributed by atoms with E-state index in [-0.39, 0.29) is 11.4 Å². The normalized spacial score (nSPS) is 10.8. The minimum atomic E-state index is -0.0804. The Balaban J connectivity index is 0.000000233. The number of unbranched alkanes of at least 4 members (excludes halogenated alkanes) is 2. The lowest BCUT2D eigenvalue weighted by Gasteiger charge is -2.33. The Morgan fingerprint density at radius 3 is 2.31 bits per heavy atom. The molecule has 172 valence electrons. The van der Waals surface area contributed by atoms with E-state index in [2.05, 4.69) is 36.2 Å². The summed E-state index contributed by atoms with van der Waals surface area (Å²) in [6.45, 7) is 6.58. The van der Waals surface area contributed by atoms with Gasteiger partial charge in [0.2, 0.25) is 0 Å². The van der Waals surface area contributed by atoms with Crippen molar-refractivity contribution in [3.8, 4) is 28.5 Å². The number of aromatic nitrogens is 3. The molecule has 0 unspecified atom stereocenters. The third kappa shape index (κ3) is 7.52. The molecule has 0 saturated heterocycles. The number of nitrogens with zero attached hydrogens (tertiary/aromatic N) is 3. The van der Waals surface area contributed by atoms with Gasteiger partial charge in [-0.3, -0.25) is 0 Å². The minimum Gasteiger partial charge on any atom is -0.508 e. The number of phenols is 1. The molecule has 3 aromatic rings. The average Bonchev–Trinajstić information content (AvgIpc) is 2.84. The van der Waals surface area contributed by atoms with Gasteiger partial charge in [0.25, 0.3) is 0 Å². The largest absolute Gasteiger partial charge is 0.508 e. The van der Waals surface area contributed by atoms with Crippen LogP contribution in [0.15, 0.2) is 60.8 Å². The molecule has 1 N–H and O–H groups in total. The van der Waals surface area contributed by atoms with Crippen molar-refractivity contribution in [1.82, 2.24) is 15.4 Å². The Morgan fingerprint density at radius 2 is 1.69 bits per heavy atom. The number of benzene rings is 2. The molecule has 0 saturated carbocycles. The Labute approximate surface area is 191 Å². The van der Waals surface area contributed by atoms with Gasteiger partial charge in [-0.25, -0.2) is 0 Å². The second-order valence-corrected chi connectivity index (χ2v) is 7.66. The highest BCUT2D eigenvalue weighted by atomic mass is 16.5. The first-order valence-corrected chi connectivity index (χ1v) is 11.3. The van der Waals surface area contributed by atoms with Crippen LogP contribution in [0.25, 0.3) is 11.3 Å². The van der Waals surface area contributed by atoms with Crippen LogP contribution in [0.3, 0.4) is 0 Å². The Bertz CT molecular complexity index is 915. The van der Waals surface area contributed by atoms with Gasteiger partial charge in [0.15, 0.2) is 5.75 Å². The second kappa shape index (κ2) is 13.3. The van der Waals surface area contributed by atoms with Crippen LogP contribution in [-0.4, -0.2) is 33.2 Å². The molecule has 1 aromatic heterocycles. The van der Waals surface area contributed by atoms with Crippen molar-refractivity contribution in [1.29, 1.82) is 0 Å². The van der Waals surface area contributed by atoms with E-state index in [4.69, 9.17) is 9.47 Å². The number of ether oxygens (including phenoxy) is 2. The van der Waals surface area contributed by atoms with Crippen molar-refractivity contribution in [3.05, 3.63) is 60.8 Å². The van der Waals surface area contributed by atoms with E-state index in [1.807, 2.05) is 42.5 Å². The van der Waals surface area contributed by atoms with Gasteiger partial charge in [-0.15, -0.1) is 10.2 Å². The lowest BCUT2D eigenvalue weighted by atomic mass is 9.90. The molecule has 0 bridgehead atoms. The molecule has 0 amide bonds. The van der Waals surface area contributed by atoms with Crippen molar-refractivity contribution in [3.63, 3.8) is 0 Å². The first-order chi connectivity index (χ1) is 15.6. The van der Waals surface area contributed by atoms with Crippen molar-refractivity contribution >= 4 is 0 Å². The predicted molar refractivity (Wildman–Crippen MR) is 128 cm³/mol. The summed E-state index contributed by atoms with van der Waals surface area (Å²) in [6, 6.07) is 16.8. The minimum absolute atomic E-state index is 0.0804. The number of rotatable bonds is 10. The van der Waals surface area contributed by atoms with Crippen LogP contribution in [0, 0.1) is 0 Å². The summed E-state index contributed by atoms with van der Waals surface area (Å²) >= 11 is 0. The van der Waals surface area contributed by atoms with Crippen LogP contribution >= 0.6 is 0 Å². The maximum atomic E-state index is 9.49. The molecular weight excluding hydrogens is 402 g/mol. The van der Waals surface area contributed by atoms with Gasteiger partial charge in [-0.1, -0.05) is 70.0 Å². The highest BCUT2D eigenvalue weighted by Gasteiger charge is 2.27. The number of hydrogen-bond acceptors (Lipinski definition) is 6. The standard InChI is InChI=1S/C16H26O2.C10H9N3O/c1-4-7-8-12-16(5-2,6-3)18-15-11-9-10-14(17)13-15;1-14-9-7-11-13-12-10(9)8-5-3-2-4-6-8/h9-11,13,17H,4-8,12H2,1-3H3;2-7H,1H3. The van der Waals surface area contributed by atoms with Crippen LogP contribution < -0.4 is 9.47 Å². The summed E-state index contributed by atoms with van der Waals surface area (Å²) in [6.07, 6.45) is 8.34. The van der Waals surface area contributed by atoms with Gasteiger partial charge in [0, 0.05) is 11.6 Å². The summed E-state index contributed by atoms with van der Waals surface area (Å²) in [5.41, 5.74) is 1.60. The fourth-order valence-electron chi connectivity index (χ4n) is 3.50. The first-order valence-electron chi connectivity index (χ1n) is 11.3. The van der Waals surface area contributed by atoms with E-state index in [0.29, 0.717) is 11.4 Å². The molecule has 6 nitrogen and oxygen atoms in total. The van der Waals surface area contributed by atoms with Gasteiger partial charge >= 0.3 is 0 Å². The quantitative estimate of drug-likeness (QED) is 0.367. The third-order valence-electron chi connectivity index (χ3n) is 5.55. The van der Waals surface area contributed by atoms with E-state index >= 15 is 0 Å². The topological polar surface area (TPSA) is 77.4 Å². The van der Waals surface area contributed by atoms with E-state index < -0.39 is 0 Å². The van der Waals surface area contributed by atoms with Crippen molar-refractivity contribution < 1.29 is 14.6 Å². The summed E-state index contributed by atoms with van der Waals surface area (Å²) in [5, 5.41) is 20.7. The Morgan fingerprint density at radius 1 is 0.938 bits per heavy atom. The van der Waals surface area contributed by atoms with Crippen molar-refractivity contribution in [2.75, 3.05) is 7.11 Å². The van der Waals surface area contributed by atoms with Crippen LogP contribution in [0.4, 0.5) is 0 Å². The van der Waals surface area contributed by atoms with Crippen molar-refractivity contribution in [2.45, 2.75) is 64.9 Å². The maximum absolute atomic E-state index is 9.49. The van der Waals surface area contributed by atoms with Gasteiger partial charge in [-0.05, 0) is 43.0 Å². The van der Waals surface area contributed by atoms with Gasteiger partial charge in [0.05, 0.1) is 13.3 Å². The molecule has 3 rings (SSSR count). The summed E-state index contributed by atoms with van der Waals surface area (Å²) < 4.78 is 11.3.